The summed E-state index contributed by atoms with van der Waals surface area (Å²) in [6.07, 6.45) is 7.64. The van der Waals surface area contributed by atoms with E-state index in [-0.39, 0.29) is 5.56 Å². The van der Waals surface area contributed by atoms with Gasteiger partial charge in [-0.15, -0.1) is 11.3 Å². The molecule has 1 aliphatic rings. The Balaban J connectivity index is 1.56. The van der Waals surface area contributed by atoms with Gasteiger partial charge in [-0.2, -0.15) is 9.78 Å². The molecule has 0 saturated carbocycles. The van der Waals surface area contributed by atoms with Crippen LogP contribution in [0.4, 0.5) is 0 Å². The highest BCUT2D eigenvalue weighted by atomic mass is 79.9. The van der Waals surface area contributed by atoms with Crippen molar-refractivity contribution < 1.29 is 0 Å². The number of thiophene rings is 1. The molecule has 3 aromatic heterocycles. The van der Waals surface area contributed by atoms with Crippen LogP contribution in [0, 0.1) is 13.8 Å². The zero-order valence-corrected chi connectivity index (χ0v) is 19.3. The predicted molar refractivity (Wildman–Crippen MR) is 126 cm³/mol. The lowest BCUT2D eigenvalue weighted by molar-refractivity contribution is 0.699. The average Bonchev–Trinajstić information content (AvgIpc) is 3.25. The maximum absolute atomic E-state index is 13.1. The molecule has 0 radical (unpaired) electrons. The molecule has 0 aliphatic heterocycles. The minimum atomic E-state index is -0.0738. The van der Waals surface area contributed by atoms with Crippen LogP contribution in [0.2, 0.25) is 0 Å². The number of benzene rings is 1. The second-order valence-electron chi connectivity index (χ2n) is 7.64. The summed E-state index contributed by atoms with van der Waals surface area (Å²) in [5.41, 5.74) is 5.34. The summed E-state index contributed by atoms with van der Waals surface area (Å²) < 4.78 is 4.59. The first-order valence-electron chi connectivity index (χ1n) is 10.0. The third kappa shape index (κ3) is 3.17. The molecule has 0 bridgehead atoms. The molecule has 0 N–H and O–H groups in total. The zero-order chi connectivity index (χ0) is 20.8. The molecule has 1 aliphatic carbocycles. The van der Waals surface area contributed by atoms with Gasteiger partial charge in [0, 0.05) is 26.3 Å². The van der Waals surface area contributed by atoms with Crippen molar-refractivity contribution in [2.45, 2.75) is 39.5 Å². The normalized spacial score (nSPS) is 14.0. The van der Waals surface area contributed by atoms with E-state index in [0.717, 1.165) is 56.6 Å². The second-order valence-corrected chi connectivity index (χ2v) is 9.58. The Labute approximate surface area is 186 Å². The summed E-state index contributed by atoms with van der Waals surface area (Å²) in [5, 5.41) is 5.24. The van der Waals surface area contributed by atoms with Gasteiger partial charge in [0.05, 0.1) is 17.3 Å². The van der Waals surface area contributed by atoms with Gasteiger partial charge < -0.3 is 4.57 Å². The molecule has 0 amide bonds. The highest BCUT2D eigenvalue weighted by Crippen LogP contribution is 2.33. The second kappa shape index (κ2) is 7.63. The van der Waals surface area contributed by atoms with Crippen LogP contribution < -0.4 is 5.56 Å². The van der Waals surface area contributed by atoms with Crippen LogP contribution in [0.15, 0.2) is 51.0 Å². The lowest BCUT2D eigenvalue weighted by Gasteiger charge is -2.11. The molecule has 5 nitrogen and oxygen atoms in total. The molecule has 0 unspecified atom stereocenters. The molecule has 0 atom stereocenters. The van der Waals surface area contributed by atoms with E-state index in [1.165, 1.54) is 27.9 Å². The number of hydrogen-bond donors (Lipinski definition) is 0. The van der Waals surface area contributed by atoms with Crippen LogP contribution in [0.5, 0.6) is 0 Å². The molecule has 1 aromatic carbocycles. The van der Waals surface area contributed by atoms with E-state index < -0.39 is 0 Å². The molecule has 0 spiro atoms. The van der Waals surface area contributed by atoms with Gasteiger partial charge in [0.15, 0.2) is 0 Å². The van der Waals surface area contributed by atoms with E-state index in [1.54, 1.807) is 17.6 Å². The highest BCUT2D eigenvalue weighted by molar-refractivity contribution is 9.10. The molecule has 7 heteroatoms. The SMILES string of the molecule is Cc1cc(/C=N\n2cnc3sc4c(c3c2=O)CCCC4)c(C)n1-c1ccccc1Br. The lowest BCUT2D eigenvalue weighted by Crippen LogP contribution is -2.18. The molecule has 5 rings (SSSR count). The van der Waals surface area contributed by atoms with Crippen LogP contribution in [-0.2, 0) is 12.8 Å². The largest absolute Gasteiger partial charge is 0.317 e. The summed E-state index contributed by atoms with van der Waals surface area (Å²) in [7, 11) is 0. The fourth-order valence-corrected chi connectivity index (χ4v) is 5.95. The number of fused-ring (bicyclic) bond motifs is 3. The molecule has 0 fully saturated rings. The van der Waals surface area contributed by atoms with Crippen LogP contribution in [-0.4, -0.2) is 20.4 Å². The van der Waals surface area contributed by atoms with Crippen molar-refractivity contribution >= 4 is 43.7 Å². The van der Waals surface area contributed by atoms with E-state index in [9.17, 15) is 4.79 Å². The van der Waals surface area contributed by atoms with Crippen molar-refractivity contribution in [2.75, 3.05) is 0 Å². The number of aryl methyl sites for hydroxylation is 3. The minimum absolute atomic E-state index is 0.0738. The van der Waals surface area contributed by atoms with Crippen molar-refractivity contribution in [1.82, 2.24) is 14.2 Å². The first-order chi connectivity index (χ1) is 14.5. The van der Waals surface area contributed by atoms with E-state index in [1.807, 2.05) is 18.2 Å². The van der Waals surface area contributed by atoms with Gasteiger partial charge in [-0.05, 0) is 79.2 Å². The van der Waals surface area contributed by atoms with Crippen molar-refractivity contribution in [1.29, 1.82) is 0 Å². The smallest absolute Gasteiger partial charge is 0.282 e. The Morgan fingerprint density at radius 1 is 1.20 bits per heavy atom. The molecule has 152 valence electrons. The maximum Gasteiger partial charge on any atom is 0.282 e. The standard InChI is InChI=1S/C23H21BrN4OS/c1-14-11-16(15(2)28(14)19-9-5-4-8-18(19)24)12-26-27-13-25-22-21(23(27)29)17-7-3-6-10-20(17)30-22/h4-5,8-9,11-13H,3,6-7,10H2,1-2H3/b26-12-. The third-order valence-electron chi connectivity index (χ3n) is 5.74. The van der Waals surface area contributed by atoms with E-state index in [0.29, 0.717) is 0 Å². The zero-order valence-electron chi connectivity index (χ0n) is 16.9. The van der Waals surface area contributed by atoms with Crippen LogP contribution in [0.25, 0.3) is 15.9 Å². The summed E-state index contributed by atoms with van der Waals surface area (Å²) >= 11 is 5.30. The lowest BCUT2D eigenvalue weighted by atomic mass is 9.97. The third-order valence-corrected chi connectivity index (χ3v) is 7.61. The summed E-state index contributed by atoms with van der Waals surface area (Å²) in [5.74, 6) is 0. The number of hydrogen-bond acceptors (Lipinski definition) is 4. The molecule has 30 heavy (non-hydrogen) atoms. The number of para-hydroxylation sites is 1. The quantitative estimate of drug-likeness (QED) is 0.369. The van der Waals surface area contributed by atoms with Gasteiger partial charge in [0.25, 0.3) is 5.56 Å². The van der Waals surface area contributed by atoms with E-state index >= 15 is 0 Å². The summed E-state index contributed by atoms with van der Waals surface area (Å²) in [4.78, 5) is 19.8. The first kappa shape index (κ1) is 19.5. The summed E-state index contributed by atoms with van der Waals surface area (Å²) in [6, 6.07) is 10.2. The van der Waals surface area contributed by atoms with Crippen molar-refractivity contribution in [3.05, 3.63) is 78.9 Å². The minimum Gasteiger partial charge on any atom is -0.317 e. The van der Waals surface area contributed by atoms with Crippen molar-refractivity contribution in [2.24, 2.45) is 5.10 Å². The van der Waals surface area contributed by atoms with Crippen LogP contribution in [0.3, 0.4) is 0 Å². The Morgan fingerprint density at radius 2 is 2.00 bits per heavy atom. The van der Waals surface area contributed by atoms with Crippen LogP contribution in [0.1, 0.15) is 40.2 Å². The molecule has 4 aromatic rings. The number of halogens is 1. The van der Waals surface area contributed by atoms with Crippen molar-refractivity contribution in [3.8, 4) is 5.69 Å². The van der Waals surface area contributed by atoms with Gasteiger partial charge in [0.1, 0.15) is 11.2 Å². The Kier molecular flexibility index (Phi) is 4.95. The maximum atomic E-state index is 13.1. The average molecular weight is 481 g/mol. The fraction of sp³-hybridized carbons (Fsp3) is 0.261. The van der Waals surface area contributed by atoms with Gasteiger partial charge in [0.2, 0.25) is 0 Å². The fourth-order valence-electron chi connectivity index (χ4n) is 4.27. The Bertz CT molecular complexity index is 1360. The van der Waals surface area contributed by atoms with Crippen LogP contribution >= 0.6 is 27.3 Å². The molecule has 3 heterocycles. The number of aromatic nitrogens is 3. The van der Waals surface area contributed by atoms with Gasteiger partial charge >= 0.3 is 0 Å². The monoisotopic (exact) mass is 480 g/mol. The van der Waals surface area contributed by atoms with Gasteiger partial charge in [-0.1, -0.05) is 12.1 Å². The van der Waals surface area contributed by atoms with E-state index in [4.69, 9.17) is 0 Å². The topological polar surface area (TPSA) is 52.2 Å². The molecular weight excluding hydrogens is 460 g/mol. The first-order valence-corrected chi connectivity index (χ1v) is 11.7. The summed E-state index contributed by atoms with van der Waals surface area (Å²) in [6.45, 7) is 4.13. The molecular formula is C23H21BrN4OS. The van der Waals surface area contributed by atoms with Gasteiger partial charge in [-0.3, -0.25) is 4.79 Å². The Morgan fingerprint density at radius 3 is 2.83 bits per heavy atom. The predicted octanol–water partition coefficient (Wildman–Crippen LogP) is 5.39. The Hall–Kier alpha value is -2.51. The number of nitrogens with zero attached hydrogens (tertiary/aromatic N) is 4. The van der Waals surface area contributed by atoms with Gasteiger partial charge in [-0.25, -0.2) is 4.98 Å². The molecule has 0 saturated heterocycles. The number of rotatable bonds is 3. The van der Waals surface area contributed by atoms with E-state index in [2.05, 4.69) is 56.6 Å². The highest BCUT2D eigenvalue weighted by Gasteiger charge is 2.20. The van der Waals surface area contributed by atoms with Crippen molar-refractivity contribution in [3.63, 3.8) is 0 Å².